The summed E-state index contributed by atoms with van der Waals surface area (Å²) in [6, 6.07) is 3.56. The highest BCUT2D eigenvalue weighted by atomic mass is 32.2. The zero-order valence-corrected chi connectivity index (χ0v) is 13.6. The second-order valence-corrected chi connectivity index (χ2v) is 7.53. The highest BCUT2D eigenvalue weighted by Gasteiger charge is 2.16. The molecule has 5 nitrogen and oxygen atoms in total. The topological polar surface area (TPSA) is 66.5 Å². The summed E-state index contributed by atoms with van der Waals surface area (Å²) in [6.07, 6.45) is 4.11. The van der Waals surface area contributed by atoms with Crippen LogP contribution in [0.3, 0.4) is 0 Å². The smallest absolute Gasteiger partial charge is 0.261 e. The summed E-state index contributed by atoms with van der Waals surface area (Å²) in [6.45, 7) is 3.24. The molecule has 0 aromatic carbocycles. The standard InChI is InChI=1S/C13H22N2O3S2/c1-3-4-5-9-15(20(2,17)18)10-8-14-13(16)12-7-6-11-19-12/h6-7,11H,3-5,8-10H2,1-2H3,(H,14,16). The van der Waals surface area contributed by atoms with Crippen molar-refractivity contribution in [1.29, 1.82) is 0 Å². The summed E-state index contributed by atoms with van der Waals surface area (Å²) in [5, 5.41) is 4.58. The minimum absolute atomic E-state index is 0.151. The third-order valence-electron chi connectivity index (χ3n) is 2.87. The van der Waals surface area contributed by atoms with Crippen LogP contribution in [0.5, 0.6) is 0 Å². The fourth-order valence-electron chi connectivity index (χ4n) is 1.77. The first-order valence-corrected chi connectivity index (χ1v) is 9.44. The number of hydrogen-bond donors (Lipinski definition) is 1. The highest BCUT2D eigenvalue weighted by Crippen LogP contribution is 2.08. The Balaban J connectivity index is 2.40. The maximum absolute atomic E-state index is 11.7. The van der Waals surface area contributed by atoms with Crippen LogP contribution in [0.2, 0.25) is 0 Å². The van der Waals surface area contributed by atoms with E-state index < -0.39 is 10.0 Å². The zero-order valence-electron chi connectivity index (χ0n) is 12.0. The molecule has 0 radical (unpaired) electrons. The van der Waals surface area contributed by atoms with Gasteiger partial charge in [0.25, 0.3) is 5.91 Å². The molecule has 0 atom stereocenters. The van der Waals surface area contributed by atoms with Crippen LogP contribution in [0, 0.1) is 0 Å². The van der Waals surface area contributed by atoms with Crippen LogP contribution in [0.1, 0.15) is 35.9 Å². The lowest BCUT2D eigenvalue weighted by atomic mass is 10.2. The molecule has 114 valence electrons. The minimum Gasteiger partial charge on any atom is -0.350 e. The second-order valence-electron chi connectivity index (χ2n) is 4.60. The molecule has 1 aromatic rings. The van der Waals surface area contributed by atoms with Crippen molar-refractivity contribution in [2.75, 3.05) is 25.9 Å². The van der Waals surface area contributed by atoms with E-state index in [9.17, 15) is 13.2 Å². The molecule has 0 saturated carbocycles. The lowest BCUT2D eigenvalue weighted by Gasteiger charge is -2.19. The van der Waals surface area contributed by atoms with Crippen molar-refractivity contribution >= 4 is 27.3 Å². The van der Waals surface area contributed by atoms with E-state index in [0.717, 1.165) is 19.3 Å². The Hall–Kier alpha value is -0.920. The number of carbonyl (C=O) groups is 1. The van der Waals surface area contributed by atoms with Crippen LogP contribution in [-0.4, -0.2) is 44.5 Å². The van der Waals surface area contributed by atoms with Gasteiger partial charge in [0.05, 0.1) is 11.1 Å². The summed E-state index contributed by atoms with van der Waals surface area (Å²) in [5.74, 6) is -0.151. The number of rotatable bonds is 9. The van der Waals surface area contributed by atoms with Gasteiger partial charge in [0, 0.05) is 19.6 Å². The molecule has 20 heavy (non-hydrogen) atoms. The molecule has 0 aliphatic heterocycles. The Morgan fingerprint density at radius 3 is 2.65 bits per heavy atom. The molecule has 0 fully saturated rings. The fraction of sp³-hybridized carbons (Fsp3) is 0.615. The Labute approximate surface area is 125 Å². The second kappa shape index (κ2) is 8.39. The van der Waals surface area contributed by atoms with Crippen LogP contribution in [0.15, 0.2) is 17.5 Å². The van der Waals surface area contributed by atoms with Crippen LogP contribution in [0.4, 0.5) is 0 Å². The summed E-state index contributed by atoms with van der Waals surface area (Å²) in [7, 11) is -3.21. The Bertz CT molecular complexity index is 498. The maximum atomic E-state index is 11.7. The predicted molar refractivity (Wildman–Crippen MR) is 82.6 cm³/mol. The lowest BCUT2D eigenvalue weighted by molar-refractivity contribution is 0.0955. The van der Waals surface area contributed by atoms with E-state index in [1.807, 2.05) is 11.4 Å². The average Bonchev–Trinajstić information content (AvgIpc) is 2.89. The van der Waals surface area contributed by atoms with Crippen molar-refractivity contribution in [3.05, 3.63) is 22.4 Å². The van der Waals surface area contributed by atoms with Crippen molar-refractivity contribution < 1.29 is 13.2 Å². The number of nitrogens with one attached hydrogen (secondary N) is 1. The number of thiophene rings is 1. The van der Waals surface area contributed by atoms with Crippen LogP contribution >= 0.6 is 11.3 Å². The molecule has 0 bridgehead atoms. The van der Waals surface area contributed by atoms with Crippen molar-refractivity contribution in [3.8, 4) is 0 Å². The van der Waals surface area contributed by atoms with Crippen LogP contribution in [0.25, 0.3) is 0 Å². The van der Waals surface area contributed by atoms with Crippen molar-refractivity contribution in [2.24, 2.45) is 0 Å². The van der Waals surface area contributed by atoms with Crippen molar-refractivity contribution in [2.45, 2.75) is 26.2 Å². The molecule has 0 spiro atoms. The Kier molecular flexibility index (Phi) is 7.18. The van der Waals surface area contributed by atoms with Crippen molar-refractivity contribution in [1.82, 2.24) is 9.62 Å². The third-order valence-corrected chi connectivity index (χ3v) is 5.04. The van der Waals surface area contributed by atoms with Gasteiger partial charge in [-0.3, -0.25) is 4.79 Å². The SMILES string of the molecule is CCCCCN(CCNC(=O)c1cccs1)S(C)(=O)=O. The van der Waals surface area contributed by atoms with Crippen LogP contribution in [-0.2, 0) is 10.0 Å². The van der Waals surface area contributed by atoms with Gasteiger partial charge in [0.2, 0.25) is 10.0 Å². The maximum Gasteiger partial charge on any atom is 0.261 e. The first kappa shape index (κ1) is 17.1. The third kappa shape index (κ3) is 6.02. The van der Waals surface area contributed by atoms with Gasteiger partial charge in [0.15, 0.2) is 0 Å². The number of carbonyl (C=O) groups excluding carboxylic acids is 1. The normalized spacial score (nSPS) is 11.8. The quantitative estimate of drug-likeness (QED) is 0.708. The van der Waals surface area contributed by atoms with Crippen LogP contribution < -0.4 is 5.32 Å². The molecular formula is C13H22N2O3S2. The van der Waals surface area contributed by atoms with Gasteiger partial charge in [-0.15, -0.1) is 11.3 Å². The largest absolute Gasteiger partial charge is 0.350 e. The van der Waals surface area contributed by atoms with Gasteiger partial charge < -0.3 is 5.32 Å². The predicted octanol–water partition coefficient (Wildman–Crippen LogP) is 1.93. The van der Waals surface area contributed by atoms with E-state index in [1.165, 1.54) is 21.9 Å². The first-order valence-electron chi connectivity index (χ1n) is 6.72. The molecule has 0 unspecified atom stereocenters. The van der Waals surface area contributed by atoms with Gasteiger partial charge >= 0.3 is 0 Å². The number of hydrogen-bond acceptors (Lipinski definition) is 4. The van der Waals surface area contributed by atoms with Gasteiger partial charge in [0.1, 0.15) is 0 Å². The average molecular weight is 318 g/mol. The number of unbranched alkanes of at least 4 members (excludes halogenated alkanes) is 2. The molecular weight excluding hydrogens is 296 g/mol. The molecule has 1 heterocycles. The van der Waals surface area contributed by atoms with E-state index in [1.54, 1.807) is 6.07 Å². The van der Waals surface area contributed by atoms with E-state index >= 15 is 0 Å². The molecule has 0 saturated heterocycles. The number of nitrogens with zero attached hydrogens (tertiary/aromatic N) is 1. The highest BCUT2D eigenvalue weighted by molar-refractivity contribution is 7.88. The van der Waals surface area contributed by atoms with Gasteiger partial charge in [-0.25, -0.2) is 12.7 Å². The van der Waals surface area contributed by atoms with E-state index in [-0.39, 0.29) is 5.91 Å². The summed E-state index contributed by atoms with van der Waals surface area (Å²) >= 11 is 1.37. The first-order chi connectivity index (χ1) is 9.45. The monoisotopic (exact) mass is 318 g/mol. The van der Waals surface area contributed by atoms with Gasteiger partial charge in [-0.05, 0) is 17.9 Å². The molecule has 1 amide bonds. The van der Waals surface area contributed by atoms with Gasteiger partial charge in [-0.2, -0.15) is 0 Å². The van der Waals surface area contributed by atoms with E-state index in [2.05, 4.69) is 12.2 Å². The fourth-order valence-corrected chi connectivity index (χ4v) is 3.29. The lowest BCUT2D eigenvalue weighted by Crippen LogP contribution is -2.38. The molecule has 1 rings (SSSR count). The van der Waals surface area contributed by atoms with Crippen molar-refractivity contribution in [3.63, 3.8) is 0 Å². The molecule has 1 N–H and O–H groups in total. The van der Waals surface area contributed by atoms with E-state index in [4.69, 9.17) is 0 Å². The summed E-state index contributed by atoms with van der Waals surface area (Å²) < 4.78 is 24.7. The molecule has 0 aliphatic rings. The number of amides is 1. The molecule has 1 aromatic heterocycles. The zero-order chi connectivity index (χ0) is 15.0. The molecule has 7 heteroatoms. The Morgan fingerprint density at radius 1 is 1.35 bits per heavy atom. The minimum atomic E-state index is -3.21. The number of sulfonamides is 1. The Morgan fingerprint density at radius 2 is 2.10 bits per heavy atom. The molecule has 0 aliphatic carbocycles. The van der Waals surface area contributed by atoms with E-state index in [0.29, 0.717) is 24.5 Å². The van der Waals surface area contributed by atoms with Gasteiger partial charge in [-0.1, -0.05) is 25.8 Å². The summed E-state index contributed by atoms with van der Waals surface area (Å²) in [5.41, 5.74) is 0. The summed E-state index contributed by atoms with van der Waals surface area (Å²) in [4.78, 5) is 12.4.